The largest absolute Gasteiger partial charge is 0.488 e. The molecule has 5 aromatic rings. The molecule has 19 heteroatoms. The quantitative estimate of drug-likeness (QED) is 0.234. The van der Waals surface area contributed by atoms with E-state index < -0.39 is 34.7 Å². The van der Waals surface area contributed by atoms with Crippen molar-refractivity contribution in [3.63, 3.8) is 0 Å². The maximum atomic E-state index is 14.8. The highest BCUT2D eigenvalue weighted by Gasteiger charge is 2.41. The lowest BCUT2D eigenvalue weighted by Gasteiger charge is -2.43. The molecular weight excluding hydrogens is 633 g/mol. The van der Waals surface area contributed by atoms with E-state index in [9.17, 15) is 14.4 Å². The number of hydrogen-bond acceptors (Lipinski definition) is 7. The van der Waals surface area contributed by atoms with Gasteiger partial charge >= 0.3 is 7.12 Å². The van der Waals surface area contributed by atoms with E-state index in [2.05, 4.69) is 20.5 Å². The van der Waals surface area contributed by atoms with Gasteiger partial charge in [-0.25, -0.2) is 9.37 Å². The highest BCUT2D eigenvalue weighted by atomic mass is 35.5. The number of fused-ring (bicyclic) bond motifs is 7. The molecule has 0 aliphatic carbocycles. The molecule has 2 bridgehead atoms. The number of aromatic nitrogens is 5. The monoisotopic (exact) mass is 656 g/mol. The predicted molar refractivity (Wildman–Crippen MR) is 193 cm³/mol. The number of hydrogen-bond donors (Lipinski definition) is 3. The molecule has 49 heavy (non-hydrogen) atoms. The molecule has 0 fully saturated rings. The van der Waals surface area contributed by atoms with Crippen molar-refractivity contribution in [1.29, 1.82) is 0 Å². The van der Waals surface area contributed by atoms with Gasteiger partial charge in [0.15, 0.2) is 16.7 Å². The minimum atomic E-state index is -2.27. The Morgan fingerprint density at radius 1 is 1.06 bits per heavy atom. The van der Waals surface area contributed by atoms with E-state index in [1.165, 1.54) is 23.0 Å². The molecule has 0 spiro atoms. The van der Waals surface area contributed by atoms with Gasteiger partial charge in [-0.05, 0) is 58.3 Å². The van der Waals surface area contributed by atoms with E-state index in [4.69, 9.17) is 71.3 Å². The van der Waals surface area contributed by atoms with Crippen LogP contribution in [-0.4, -0.2) is 96.6 Å². The predicted octanol–water partition coefficient (Wildman–Crippen LogP) is 0.948. The molecule has 0 amide bonds. The van der Waals surface area contributed by atoms with Crippen LogP contribution >= 0.6 is 11.6 Å². The van der Waals surface area contributed by atoms with E-state index in [0.29, 0.717) is 33.7 Å². The Hall–Kier alpha value is -3.73. The molecule has 3 N–H and O–H groups in total. The van der Waals surface area contributed by atoms with E-state index in [-0.39, 0.29) is 34.3 Å². The van der Waals surface area contributed by atoms with Crippen LogP contribution in [-0.2, 0) is 24.1 Å². The number of ether oxygens (including phenoxy) is 1. The summed E-state index contributed by atoms with van der Waals surface area (Å²) in [4.78, 5) is 4.64. The van der Waals surface area contributed by atoms with Gasteiger partial charge in [-0.2, -0.15) is 10.2 Å². The zero-order chi connectivity index (χ0) is 35.6. The highest BCUT2D eigenvalue weighted by molar-refractivity contribution is 6.66. The molecule has 0 unspecified atom stereocenters. The third-order valence-corrected chi connectivity index (χ3v) is 8.71. The van der Waals surface area contributed by atoms with Gasteiger partial charge in [0.25, 0.3) is 0 Å². The van der Waals surface area contributed by atoms with Gasteiger partial charge in [0.2, 0.25) is 0 Å². The van der Waals surface area contributed by atoms with Crippen LogP contribution in [0.1, 0.15) is 35.3 Å². The SMILES string of the molecule is [B]C1([B])c2cn(C)nc2-c2ccc(F)cc2[C@@H](C)Oc2cc(cnc2NCc2ccc(B(O)O)cc2)-c2c1c(Cl)nn2C([B])([B])C([B])([B])[B]. The molecule has 1 aliphatic rings. The molecule has 2 aromatic carbocycles. The van der Waals surface area contributed by atoms with Crippen LogP contribution in [0.25, 0.3) is 22.5 Å². The molecule has 1 atom stereocenters. The molecule has 14 radical (unpaired) electrons. The van der Waals surface area contributed by atoms with Crippen molar-refractivity contribution >= 4 is 84.9 Å². The van der Waals surface area contributed by atoms with Crippen LogP contribution in [0.5, 0.6) is 5.75 Å². The third-order valence-electron chi connectivity index (χ3n) is 8.45. The van der Waals surface area contributed by atoms with Gasteiger partial charge < -0.3 is 20.1 Å². The van der Waals surface area contributed by atoms with Crippen LogP contribution < -0.4 is 15.5 Å². The van der Waals surface area contributed by atoms with E-state index in [1.807, 2.05) is 0 Å². The molecule has 0 saturated carbocycles. The summed E-state index contributed by atoms with van der Waals surface area (Å²) in [5.74, 6) is -0.00797. The summed E-state index contributed by atoms with van der Waals surface area (Å²) in [5.41, 5.74) is 3.07. The van der Waals surface area contributed by atoms with Crippen molar-refractivity contribution in [1.82, 2.24) is 24.5 Å². The maximum absolute atomic E-state index is 14.8. The molecule has 1 aliphatic heterocycles. The molecule has 3 aromatic heterocycles. The second-order valence-electron chi connectivity index (χ2n) is 12.1. The van der Waals surface area contributed by atoms with Crippen LogP contribution in [0.4, 0.5) is 10.2 Å². The highest BCUT2D eigenvalue weighted by Crippen LogP contribution is 2.47. The zero-order valence-electron chi connectivity index (χ0n) is 26.5. The number of pyridine rings is 1. The fraction of sp³-hybridized carbons (Fsp3) is 0.233. The average Bonchev–Trinajstić information content (AvgIpc) is 3.60. The maximum Gasteiger partial charge on any atom is 0.488 e. The van der Waals surface area contributed by atoms with E-state index >= 15 is 0 Å². The van der Waals surface area contributed by atoms with Crippen molar-refractivity contribution in [2.75, 3.05) is 5.32 Å². The first-order chi connectivity index (χ1) is 22.9. The number of aryl methyl sites for hydroxylation is 1. The number of halogens is 2. The van der Waals surface area contributed by atoms with Gasteiger partial charge in [-0.1, -0.05) is 35.9 Å². The summed E-state index contributed by atoms with van der Waals surface area (Å²) in [6.45, 7) is 2.00. The third kappa shape index (κ3) is 6.28. The van der Waals surface area contributed by atoms with Gasteiger partial charge in [0.05, 0.1) is 66.3 Å². The molecule has 228 valence electrons. The van der Waals surface area contributed by atoms with Crippen LogP contribution in [0.2, 0.25) is 10.3 Å². The number of anilines is 1. The van der Waals surface area contributed by atoms with Crippen LogP contribution in [0, 0.1) is 5.82 Å². The van der Waals surface area contributed by atoms with Gasteiger partial charge in [0, 0.05) is 48.2 Å². The van der Waals surface area contributed by atoms with E-state index in [0.717, 1.165) is 10.2 Å². The lowest BCUT2D eigenvalue weighted by molar-refractivity contribution is 0.227. The first-order valence-electron chi connectivity index (χ1n) is 14.9. The van der Waals surface area contributed by atoms with Gasteiger partial charge in [0.1, 0.15) is 11.9 Å². The average molecular weight is 655 g/mol. The Morgan fingerprint density at radius 3 is 2.41 bits per heavy atom. The van der Waals surface area contributed by atoms with Crippen LogP contribution in [0.3, 0.4) is 0 Å². The first-order valence-corrected chi connectivity index (χ1v) is 15.3. The fourth-order valence-electron chi connectivity index (χ4n) is 5.73. The Balaban J connectivity index is 1.61. The second-order valence-corrected chi connectivity index (χ2v) is 12.5. The van der Waals surface area contributed by atoms with Crippen molar-refractivity contribution < 1.29 is 19.2 Å². The molecule has 4 heterocycles. The standard InChI is InChI=1S/C30H22B8ClFN6O3/c1-14-20-10-18(40)7-8-19(20)24-21(13-45(2)43-24)28(31,32)23-25(46(44-26(23)39)30(36,37)29(33,34)35)16-9-22(49-14)27(42-12-16)41-11-15-3-5-17(6-4-15)38(47)48/h3-10,12-14,47-48H,11H2,1-2H3,(H,41,42)/t14-/m1/s1. The number of nitrogens with one attached hydrogen (secondary N) is 1. The summed E-state index contributed by atoms with van der Waals surface area (Å²) in [5, 5.41) is 24.5. The fourth-order valence-corrected chi connectivity index (χ4v) is 6.05. The smallest absolute Gasteiger partial charge is 0.482 e. The summed E-state index contributed by atoms with van der Waals surface area (Å²) >= 11 is 6.81. The summed E-state index contributed by atoms with van der Waals surface area (Å²) < 4.78 is 23.9. The molecule has 9 nitrogen and oxygen atoms in total. The molecular formula is C30H22B8ClFN6O3. The summed E-state index contributed by atoms with van der Waals surface area (Å²) in [6.07, 6.45) is 2.28. The molecule has 6 rings (SSSR count). The Labute approximate surface area is 297 Å². The van der Waals surface area contributed by atoms with Crippen molar-refractivity contribution in [2.24, 2.45) is 7.05 Å². The zero-order valence-corrected chi connectivity index (χ0v) is 27.2. The van der Waals surface area contributed by atoms with Crippen molar-refractivity contribution in [3.05, 3.63) is 94.1 Å². The van der Waals surface area contributed by atoms with E-state index in [1.54, 1.807) is 56.6 Å². The molecule has 0 saturated heterocycles. The summed E-state index contributed by atoms with van der Waals surface area (Å²) in [6, 6.07) is 12.4. The number of nitrogens with zero attached hydrogens (tertiary/aromatic N) is 5. The normalized spacial score (nSPS) is 15.5. The van der Waals surface area contributed by atoms with Gasteiger partial charge in [-0.15, -0.1) is 5.11 Å². The Bertz CT molecular complexity index is 2050. The minimum Gasteiger partial charge on any atom is -0.482 e. The second kappa shape index (κ2) is 12.5. The van der Waals surface area contributed by atoms with Crippen molar-refractivity contribution in [2.45, 2.75) is 35.2 Å². The Kier molecular flexibility index (Phi) is 8.99. The van der Waals surface area contributed by atoms with Crippen molar-refractivity contribution in [3.8, 4) is 28.3 Å². The number of rotatable bonds is 6. The lowest BCUT2D eigenvalue weighted by Crippen LogP contribution is -2.49. The van der Waals surface area contributed by atoms with Gasteiger partial charge in [-0.3, -0.25) is 9.36 Å². The topological polar surface area (TPSA) is 110 Å². The summed E-state index contributed by atoms with van der Waals surface area (Å²) in [7, 11) is 45.1. The lowest BCUT2D eigenvalue weighted by atomic mass is 9.26. The number of benzene rings is 2. The Morgan fingerprint density at radius 2 is 1.76 bits per heavy atom. The van der Waals surface area contributed by atoms with Crippen LogP contribution in [0.15, 0.2) is 60.9 Å². The first kappa shape index (κ1) is 35.1. The minimum absolute atomic E-state index is 0.0462.